The van der Waals surface area contributed by atoms with Crippen molar-refractivity contribution in [1.82, 2.24) is 0 Å². The Kier molecular flexibility index (Phi) is 4.35. The van der Waals surface area contributed by atoms with Gasteiger partial charge in [-0.3, -0.25) is 4.18 Å². The number of hydrogen-bond acceptors (Lipinski definition) is 4. The molecule has 1 atom stereocenters. The van der Waals surface area contributed by atoms with E-state index in [0.717, 1.165) is 6.26 Å². The van der Waals surface area contributed by atoms with Crippen LogP contribution in [0.5, 0.6) is 0 Å². The standard InChI is InChI=1S/C7H9NO3S/c1-3-4-5-7(6-8)11-12(2,9)10/h1,7H,4-5H2,2H3. The van der Waals surface area contributed by atoms with Gasteiger partial charge in [0.25, 0.3) is 10.1 Å². The molecule has 0 aromatic carbocycles. The van der Waals surface area contributed by atoms with Gasteiger partial charge in [-0.15, -0.1) is 12.3 Å². The van der Waals surface area contributed by atoms with Crippen molar-refractivity contribution in [3.63, 3.8) is 0 Å². The molecule has 0 amide bonds. The summed E-state index contributed by atoms with van der Waals surface area (Å²) in [5, 5.41) is 8.41. The number of nitriles is 1. The van der Waals surface area contributed by atoms with Crippen molar-refractivity contribution in [2.75, 3.05) is 6.26 Å². The Morgan fingerprint density at radius 2 is 2.25 bits per heavy atom. The molecule has 0 aliphatic heterocycles. The van der Waals surface area contributed by atoms with Gasteiger partial charge in [0.15, 0.2) is 6.10 Å². The van der Waals surface area contributed by atoms with Crippen molar-refractivity contribution in [3.05, 3.63) is 0 Å². The molecule has 0 N–H and O–H groups in total. The van der Waals surface area contributed by atoms with Crippen molar-refractivity contribution in [2.24, 2.45) is 0 Å². The largest absolute Gasteiger partial charge is 0.265 e. The van der Waals surface area contributed by atoms with Crippen LogP contribution < -0.4 is 0 Å². The summed E-state index contributed by atoms with van der Waals surface area (Å²) in [5.74, 6) is 2.29. The van der Waals surface area contributed by atoms with Gasteiger partial charge in [0.1, 0.15) is 0 Å². The molecule has 0 saturated carbocycles. The second-order valence-electron chi connectivity index (χ2n) is 2.16. The van der Waals surface area contributed by atoms with Gasteiger partial charge in [-0.25, -0.2) is 0 Å². The fraction of sp³-hybridized carbons (Fsp3) is 0.571. The van der Waals surface area contributed by atoms with E-state index in [4.69, 9.17) is 11.7 Å². The summed E-state index contributed by atoms with van der Waals surface area (Å²) in [6.07, 6.45) is 5.43. The van der Waals surface area contributed by atoms with E-state index in [9.17, 15) is 8.42 Å². The molecular weight excluding hydrogens is 178 g/mol. The van der Waals surface area contributed by atoms with Gasteiger partial charge in [0, 0.05) is 6.42 Å². The molecule has 5 heteroatoms. The molecule has 12 heavy (non-hydrogen) atoms. The van der Waals surface area contributed by atoms with Crippen LogP contribution >= 0.6 is 0 Å². The smallest absolute Gasteiger partial charge is 0.252 e. The van der Waals surface area contributed by atoms with E-state index in [1.165, 1.54) is 0 Å². The van der Waals surface area contributed by atoms with Crippen LogP contribution in [0.3, 0.4) is 0 Å². The van der Waals surface area contributed by atoms with E-state index in [-0.39, 0.29) is 6.42 Å². The Balaban J connectivity index is 4.06. The number of rotatable bonds is 4. The average Bonchev–Trinajstić information content (AvgIpc) is 1.95. The summed E-state index contributed by atoms with van der Waals surface area (Å²) in [5.41, 5.74) is 0. The maximum atomic E-state index is 10.5. The van der Waals surface area contributed by atoms with Gasteiger partial charge in [-0.05, 0) is 6.42 Å². The first-order valence-electron chi connectivity index (χ1n) is 3.21. The molecule has 0 saturated heterocycles. The van der Waals surface area contributed by atoms with Gasteiger partial charge in [-0.2, -0.15) is 13.7 Å². The lowest BCUT2D eigenvalue weighted by molar-refractivity contribution is 0.256. The van der Waals surface area contributed by atoms with Gasteiger partial charge in [-0.1, -0.05) is 0 Å². The summed E-state index contributed by atoms with van der Waals surface area (Å²) in [6, 6.07) is 1.70. The molecule has 0 heterocycles. The zero-order chi connectivity index (χ0) is 9.61. The first-order chi connectivity index (χ1) is 5.49. The molecule has 4 nitrogen and oxygen atoms in total. The Morgan fingerprint density at radius 1 is 1.67 bits per heavy atom. The minimum atomic E-state index is -3.56. The first-order valence-corrected chi connectivity index (χ1v) is 5.02. The number of nitrogens with zero attached hydrogens (tertiary/aromatic N) is 1. The molecule has 0 aromatic heterocycles. The minimum absolute atomic E-state index is 0.236. The van der Waals surface area contributed by atoms with Crippen molar-refractivity contribution in [1.29, 1.82) is 5.26 Å². The molecule has 0 rings (SSSR count). The molecular formula is C7H9NO3S. The molecule has 0 aromatic rings. The fourth-order valence-electron chi connectivity index (χ4n) is 0.560. The maximum Gasteiger partial charge on any atom is 0.265 e. The lowest BCUT2D eigenvalue weighted by Gasteiger charge is -2.05. The third-order valence-corrected chi connectivity index (χ3v) is 1.57. The number of terminal acetylenes is 1. The molecule has 0 fully saturated rings. The van der Waals surface area contributed by atoms with Crippen LogP contribution in [0.1, 0.15) is 12.8 Å². The molecule has 0 bridgehead atoms. The second-order valence-corrected chi connectivity index (χ2v) is 3.76. The molecule has 0 spiro atoms. The van der Waals surface area contributed by atoms with Gasteiger partial charge >= 0.3 is 0 Å². The first kappa shape index (κ1) is 11.0. The zero-order valence-electron chi connectivity index (χ0n) is 6.65. The van der Waals surface area contributed by atoms with Crippen LogP contribution in [0.4, 0.5) is 0 Å². The Hall–Kier alpha value is -1.04. The summed E-state index contributed by atoms with van der Waals surface area (Å²) >= 11 is 0. The highest BCUT2D eigenvalue weighted by molar-refractivity contribution is 7.86. The minimum Gasteiger partial charge on any atom is -0.252 e. The fourth-order valence-corrected chi connectivity index (χ4v) is 1.12. The van der Waals surface area contributed by atoms with Crippen molar-refractivity contribution >= 4 is 10.1 Å². The van der Waals surface area contributed by atoms with Crippen LogP contribution in [-0.2, 0) is 14.3 Å². The van der Waals surface area contributed by atoms with Crippen LogP contribution in [0, 0.1) is 23.7 Å². The molecule has 0 aliphatic carbocycles. The SMILES string of the molecule is C#CCCC(C#N)OS(C)(=O)=O. The Bertz CT molecular complexity index is 307. The maximum absolute atomic E-state index is 10.5. The third kappa shape index (κ3) is 5.72. The van der Waals surface area contributed by atoms with E-state index in [1.54, 1.807) is 6.07 Å². The van der Waals surface area contributed by atoms with Crippen LogP contribution in [0.15, 0.2) is 0 Å². The third-order valence-electron chi connectivity index (χ3n) is 0.986. The van der Waals surface area contributed by atoms with E-state index in [2.05, 4.69) is 10.1 Å². The predicted molar refractivity (Wildman–Crippen MR) is 43.4 cm³/mol. The van der Waals surface area contributed by atoms with Gasteiger partial charge in [0.05, 0.1) is 12.3 Å². The van der Waals surface area contributed by atoms with Crippen molar-refractivity contribution in [2.45, 2.75) is 18.9 Å². The monoisotopic (exact) mass is 187 g/mol. The second kappa shape index (κ2) is 4.76. The summed E-state index contributed by atoms with van der Waals surface area (Å²) in [4.78, 5) is 0. The lowest BCUT2D eigenvalue weighted by atomic mass is 10.2. The summed E-state index contributed by atoms with van der Waals surface area (Å²) in [6.45, 7) is 0. The lowest BCUT2D eigenvalue weighted by Crippen LogP contribution is -2.15. The summed E-state index contributed by atoms with van der Waals surface area (Å²) in [7, 11) is -3.56. The van der Waals surface area contributed by atoms with Crippen molar-refractivity contribution in [3.8, 4) is 18.4 Å². The highest BCUT2D eigenvalue weighted by atomic mass is 32.2. The molecule has 0 aliphatic rings. The normalized spacial score (nSPS) is 12.9. The predicted octanol–water partition coefficient (Wildman–Crippen LogP) is 0.268. The van der Waals surface area contributed by atoms with Crippen LogP contribution in [-0.4, -0.2) is 20.8 Å². The van der Waals surface area contributed by atoms with E-state index >= 15 is 0 Å². The molecule has 1 unspecified atom stereocenters. The highest BCUT2D eigenvalue weighted by Gasteiger charge is 2.13. The summed E-state index contributed by atoms with van der Waals surface area (Å²) < 4.78 is 25.5. The molecule has 0 radical (unpaired) electrons. The number of hydrogen-bond donors (Lipinski definition) is 0. The van der Waals surface area contributed by atoms with Gasteiger partial charge in [0.2, 0.25) is 0 Å². The topological polar surface area (TPSA) is 67.2 Å². The quantitative estimate of drug-likeness (QED) is 0.468. The zero-order valence-corrected chi connectivity index (χ0v) is 7.47. The van der Waals surface area contributed by atoms with Crippen molar-refractivity contribution < 1.29 is 12.6 Å². The van der Waals surface area contributed by atoms with E-state index < -0.39 is 16.2 Å². The van der Waals surface area contributed by atoms with E-state index in [1.807, 2.05) is 0 Å². The Labute approximate surface area is 72.3 Å². The van der Waals surface area contributed by atoms with E-state index in [0.29, 0.717) is 6.42 Å². The van der Waals surface area contributed by atoms with Crippen LogP contribution in [0.25, 0.3) is 0 Å². The Morgan fingerprint density at radius 3 is 2.58 bits per heavy atom. The average molecular weight is 187 g/mol. The highest BCUT2D eigenvalue weighted by Crippen LogP contribution is 2.03. The van der Waals surface area contributed by atoms with Gasteiger partial charge < -0.3 is 0 Å². The molecule has 66 valence electrons. The van der Waals surface area contributed by atoms with Crippen LogP contribution in [0.2, 0.25) is 0 Å².